The molecule has 1 rings (SSSR count). The number of anilines is 1. The molecular weight excluding hydrogens is 542 g/mol. The summed E-state index contributed by atoms with van der Waals surface area (Å²) in [6.07, 6.45) is 0. The van der Waals surface area contributed by atoms with E-state index in [0.29, 0.717) is 5.56 Å². The summed E-state index contributed by atoms with van der Waals surface area (Å²) >= 11 is 12.0. The molecule has 0 spiro atoms. The van der Waals surface area contributed by atoms with Crippen molar-refractivity contribution in [3.05, 3.63) is 22.3 Å². The second-order valence-electron chi connectivity index (χ2n) is 2.43. The number of rotatable bonds is 2. The molecule has 0 fully saturated rings. The summed E-state index contributed by atoms with van der Waals surface area (Å²) < 4.78 is 2.84. The van der Waals surface area contributed by atoms with E-state index in [1.807, 2.05) is 13.1 Å². The van der Waals surface area contributed by atoms with Gasteiger partial charge in [0.1, 0.15) is 0 Å². The minimum atomic E-state index is -0.410. The number of carbonyl (C=O) groups is 1. The van der Waals surface area contributed by atoms with Gasteiger partial charge in [-0.1, -0.05) is 0 Å². The van der Waals surface area contributed by atoms with Crippen LogP contribution >= 0.6 is 79.4 Å². The molecule has 0 aliphatic carbocycles. The normalized spacial score (nSPS) is 10.1. The van der Waals surface area contributed by atoms with Crippen LogP contribution in [-0.4, -0.2) is 12.3 Å². The third-order valence-electron chi connectivity index (χ3n) is 1.62. The van der Waals surface area contributed by atoms with Crippen molar-refractivity contribution in [2.45, 2.75) is 0 Å². The van der Waals surface area contributed by atoms with Crippen LogP contribution in [0.5, 0.6) is 0 Å². The van der Waals surface area contributed by atoms with Gasteiger partial charge in [-0.15, -0.1) is 0 Å². The van der Waals surface area contributed by atoms with Crippen LogP contribution in [0, 0.1) is 10.7 Å². The minimum Gasteiger partial charge on any atom is -0.386 e. The van der Waals surface area contributed by atoms with E-state index in [2.05, 4.69) is 73.1 Å². The van der Waals surface area contributed by atoms with Crippen LogP contribution in [-0.2, 0) is 0 Å². The van der Waals surface area contributed by atoms with E-state index in [4.69, 9.17) is 11.6 Å². The summed E-state index contributed by atoms with van der Waals surface area (Å²) in [5.41, 5.74) is 1.54. The summed E-state index contributed by atoms with van der Waals surface area (Å²) in [7, 11) is 1.83. The zero-order valence-electron chi connectivity index (χ0n) is 7.00. The molecule has 0 aliphatic rings. The highest BCUT2D eigenvalue weighted by molar-refractivity contribution is 14.1. The SMILES string of the molecule is CNc1c(I)cc(I)c(C(=O)Cl)c1I. The van der Waals surface area contributed by atoms with E-state index in [1.54, 1.807) is 0 Å². The van der Waals surface area contributed by atoms with E-state index in [0.717, 1.165) is 16.4 Å². The minimum absolute atomic E-state index is 0.410. The second kappa shape index (κ2) is 5.48. The molecule has 14 heavy (non-hydrogen) atoms. The molecule has 0 aliphatic heterocycles. The lowest BCUT2D eigenvalue weighted by Crippen LogP contribution is -2.04. The van der Waals surface area contributed by atoms with Gasteiger partial charge in [0.05, 0.1) is 14.8 Å². The summed E-state index contributed by atoms with van der Waals surface area (Å²) in [6.45, 7) is 0. The van der Waals surface area contributed by atoms with Crippen LogP contribution < -0.4 is 5.32 Å². The van der Waals surface area contributed by atoms with Crippen molar-refractivity contribution >= 4 is 90.3 Å². The van der Waals surface area contributed by atoms with Gasteiger partial charge in [0.15, 0.2) is 0 Å². The molecule has 0 atom stereocenters. The topological polar surface area (TPSA) is 29.1 Å². The predicted octanol–water partition coefficient (Wildman–Crippen LogP) is 3.92. The molecule has 0 bridgehead atoms. The Hall–Kier alpha value is 1.17. The Kier molecular flexibility index (Phi) is 5.18. The van der Waals surface area contributed by atoms with Gasteiger partial charge in [0, 0.05) is 14.2 Å². The van der Waals surface area contributed by atoms with E-state index in [-0.39, 0.29) is 0 Å². The third kappa shape index (κ3) is 2.64. The fourth-order valence-corrected chi connectivity index (χ4v) is 5.92. The Morgan fingerprint density at radius 3 is 2.36 bits per heavy atom. The molecule has 1 aromatic carbocycles. The molecule has 0 amide bonds. The van der Waals surface area contributed by atoms with Gasteiger partial charge >= 0.3 is 0 Å². The average Bonchev–Trinajstić information content (AvgIpc) is 2.02. The first-order chi connectivity index (χ1) is 6.49. The van der Waals surface area contributed by atoms with E-state index in [9.17, 15) is 4.79 Å². The van der Waals surface area contributed by atoms with Gasteiger partial charge in [-0.2, -0.15) is 0 Å². The van der Waals surface area contributed by atoms with Crippen molar-refractivity contribution in [2.24, 2.45) is 0 Å². The van der Waals surface area contributed by atoms with Crippen LogP contribution in [0.3, 0.4) is 0 Å². The number of hydrogen-bond donors (Lipinski definition) is 1. The number of hydrogen-bond acceptors (Lipinski definition) is 2. The maximum absolute atomic E-state index is 11.2. The molecule has 0 saturated carbocycles. The molecule has 0 aromatic heterocycles. The van der Waals surface area contributed by atoms with Crippen LogP contribution in [0.25, 0.3) is 0 Å². The molecule has 1 N–H and O–H groups in total. The monoisotopic (exact) mass is 547 g/mol. The standard InChI is InChI=1S/C8H5ClI3NO/c1-13-7-4(11)2-3(10)5(6(7)12)8(9)14/h2,13H,1H3. The van der Waals surface area contributed by atoms with Crippen molar-refractivity contribution in [2.75, 3.05) is 12.4 Å². The number of carbonyl (C=O) groups excluding carboxylic acids is 1. The number of nitrogens with one attached hydrogen (secondary N) is 1. The van der Waals surface area contributed by atoms with Gasteiger partial charge in [-0.25, -0.2) is 0 Å². The molecule has 0 saturated heterocycles. The first kappa shape index (κ1) is 13.2. The molecule has 0 radical (unpaired) electrons. The molecule has 2 nitrogen and oxygen atoms in total. The van der Waals surface area contributed by atoms with Crippen LogP contribution in [0.4, 0.5) is 5.69 Å². The zero-order valence-corrected chi connectivity index (χ0v) is 14.2. The molecule has 76 valence electrons. The summed E-state index contributed by atoms with van der Waals surface area (Å²) in [4.78, 5) is 11.2. The lowest BCUT2D eigenvalue weighted by Gasteiger charge is -2.11. The smallest absolute Gasteiger partial charge is 0.254 e. The van der Waals surface area contributed by atoms with Crippen LogP contribution in [0.1, 0.15) is 10.4 Å². The summed E-state index contributed by atoms with van der Waals surface area (Å²) in [5.74, 6) is 0. The fourth-order valence-electron chi connectivity index (χ4n) is 1.000. The van der Waals surface area contributed by atoms with E-state index < -0.39 is 5.24 Å². The van der Waals surface area contributed by atoms with E-state index >= 15 is 0 Å². The van der Waals surface area contributed by atoms with Gasteiger partial charge in [-0.05, 0) is 85.4 Å². The Bertz CT molecular complexity index is 395. The van der Waals surface area contributed by atoms with Gasteiger partial charge < -0.3 is 5.32 Å². The van der Waals surface area contributed by atoms with Crippen LogP contribution in [0.15, 0.2) is 6.07 Å². The van der Waals surface area contributed by atoms with Crippen molar-refractivity contribution in [3.8, 4) is 0 Å². The Morgan fingerprint density at radius 1 is 1.36 bits per heavy atom. The van der Waals surface area contributed by atoms with Crippen molar-refractivity contribution in [3.63, 3.8) is 0 Å². The first-order valence-corrected chi connectivity index (χ1v) is 7.15. The summed E-state index contributed by atoms with van der Waals surface area (Å²) in [6, 6.07) is 1.94. The van der Waals surface area contributed by atoms with Crippen LogP contribution in [0.2, 0.25) is 0 Å². The van der Waals surface area contributed by atoms with Crippen molar-refractivity contribution in [1.29, 1.82) is 0 Å². The van der Waals surface area contributed by atoms with Gasteiger partial charge in [-0.3, -0.25) is 4.79 Å². The Labute approximate surface area is 128 Å². The molecule has 6 heteroatoms. The van der Waals surface area contributed by atoms with Crippen molar-refractivity contribution < 1.29 is 4.79 Å². The maximum Gasteiger partial charge on any atom is 0.254 e. The lowest BCUT2D eigenvalue weighted by molar-refractivity contribution is 0.108. The first-order valence-electron chi connectivity index (χ1n) is 3.54. The third-order valence-corrected chi connectivity index (χ3v) is 4.59. The Morgan fingerprint density at radius 2 is 1.93 bits per heavy atom. The average molecular weight is 547 g/mol. The van der Waals surface area contributed by atoms with Gasteiger partial charge in [0.25, 0.3) is 5.24 Å². The van der Waals surface area contributed by atoms with E-state index in [1.165, 1.54) is 0 Å². The number of benzene rings is 1. The molecule has 0 unspecified atom stereocenters. The highest BCUT2D eigenvalue weighted by Crippen LogP contribution is 2.32. The molecule has 0 heterocycles. The second-order valence-corrected chi connectivity index (χ2v) is 6.17. The lowest BCUT2D eigenvalue weighted by atomic mass is 10.2. The fraction of sp³-hybridized carbons (Fsp3) is 0.125. The Balaban J connectivity index is 3.52. The summed E-state index contributed by atoms with van der Waals surface area (Å²) in [5, 5.41) is 2.65. The number of halogens is 4. The van der Waals surface area contributed by atoms with Crippen molar-refractivity contribution in [1.82, 2.24) is 0 Å². The predicted molar refractivity (Wildman–Crippen MR) is 84.3 cm³/mol. The maximum atomic E-state index is 11.2. The van der Waals surface area contributed by atoms with Gasteiger partial charge in [0.2, 0.25) is 0 Å². The molecule has 1 aromatic rings. The largest absolute Gasteiger partial charge is 0.386 e. The highest BCUT2D eigenvalue weighted by atomic mass is 127. The zero-order chi connectivity index (χ0) is 10.9. The highest BCUT2D eigenvalue weighted by Gasteiger charge is 2.17. The quantitative estimate of drug-likeness (QED) is 0.450. The molecular formula is C8H5ClI3NO.